The van der Waals surface area contributed by atoms with Crippen LogP contribution in [0.1, 0.15) is 6.92 Å². The number of benzene rings is 1. The molecule has 0 bridgehead atoms. The van der Waals surface area contributed by atoms with Gasteiger partial charge in [0.1, 0.15) is 0 Å². The maximum atomic E-state index is 11.4. The summed E-state index contributed by atoms with van der Waals surface area (Å²) in [6.45, 7) is 1.61. The van der Waals surface area contributed by atoms with E-state index in [9.17, 15) is 4.79 Å². The van der Waals surface area contributed by atoms with Crippen LogP contribution < -0.4 is 11.1 Å². The van der Waals surface area contributed by atoms with Crippen molar-refractivity contribution in [3.05, 3.63) is 23.4 Å². The number of aromatic amines is 1. The van der Waals surface area contributed by atoms with Crippen molar-refractivity contribution >= 4 is 34.1 Å². The van der Waals surface area contributed by atoms with Crippen molar-refractivity contribution in [3.8, 4) is 0 Å². The Morgan fingerprint density at radius 2 is 2.38 bits per heavy atom. The Hall–Kier alpha value is -1.59. The lowest BCUT2D eigenvalue weighted by molar-refractivity contribution is -0.117. The van der Waals surface area contributed by atoms with Crippen LogP contribution in [-0.4, -0.2) is 22.1 Å². The largest absolute Gasteiger partial charge is 0.323 e. The molecule has 0 aliphatic carbocycles. The molecule has 0 saturated carbocycles. The van der Waals surface area contributed by atoms with Crippen LogP contribution in [0.2, 0.25) is 5.02 Å². The lowest BCUT2D eigenvalue weighted by atomic mass is 10.2. The maximum Gasteiger partial charge on any atom is 0.241 e. The Morgan fingerprint density at radius 1 is 1.62 bits per heavy atom. The Morgan fingerprint density at radius 3 is 3.06 bits per heavy atom. The normalized spacial score (nSPS) is 12.7. The highest BCUT2D eigenvalue weighted by Crippen LogP contribution is 2.29. The summed E-state index contributed by atoms with van der Waals surface area (Å²) < 4.78 is 0. The fourth-order valence-corrected chi connectivity index (χ4v) is 1.59. The third kappa shape index (κ3) is 1.87. The minimum absolute atomic E-state index is 0.273. The number of hydrogen-bond acceptors (Lipinski definition) is 3. The highest BCUT2D eigenvalue weighted by molar-refractivity contribution is 6.38. The van der Waals surface area contributed by atoms with Gasteiger partial charge in [-0.2, -0.15) is 5.10 Å². The molecule has 5 nitrogen and oxygen atoms in total. The van der Waals surface area contributed by atoms with Crippen molar-refractivity contribution in [2.24, 2.45) is 5.73 Å². The molecule has 0 unspecified atom stereocenters. The molecule has 6 heteroatoms. The second-order valence-electron chi connectivity index (χ2n) is 3.54. The number of rotatable bonds is 2. The van der Waals surface area contributed by atoms with Crippen LogP contribution >= 0.6 is 11.6 Å². The molecule has 0 saturated heterocycles. The number of nitrogens with zero attached hydrogens (tertiary/aromatic N) is 1. The first-order valence-electron chi connectivity index (χ1n) is 4.77. The van der Waals surface area contributed by atoms with Crippen LogP contribution in [0.4, 0.5) is 5.69 Å². The van der Waals surface area contributed by atoms with Crippen LogP contribution in [0.15, 0.2) is 18.3 Å². The van der Waals surface area contributed by atoms with Gasteiger partial charge in [0.2, 0.25) is 5.91 Å². The first-order chi connectivity index (χ1) is 7.59. The van der Waals surface area contributed by atoms with Gasteiger partial charge in [-0.05, 0) is 19.1 Å². The van der Waals surface area contributed by atoms with Gasteiger partial charge in [-0.25, -0.2) is 0 Å². The average Bonchev–Trinajstić information content (AvgIpc) is 2.70. The molecule has 0 spiro atoms. The predicted octanol–water partition coefficient (Wildman–Crippen LogP) is 1.50. The number of nitrogens with two attached hydrogens (primary N) is 1. The fourth-order valence-electron chi connectivity index (χ4n) is 1.33. The summed E-state index contributed by atoms with van der Waals surface area (Å²) in [6, 6.07) is 2.94. The number of nitrogens with one attached hydrogen (secondary N) is 2. The lowest BCUT2D eigenvalue weighted by Crippen LogP contribution is -2.32. The van der Waals surface area contributed by atoms with Crippen LogP contribution in [0.5, 0.6) is 0 Å². The molecule has 1 amide bonds. The summed E-state index contributed by atoms with van der Waals surface area (Å²) in [5.41, 5.74) is 6.82. The molecule has 0 aliphatic rings. The minimum atomic E-state index is -0.573. The summed E-state index contributed by atoms with van der Waals surface area (Å²) in [5.74, 6) is -0.273. The molecule has 1 aromatic heterocycles. The van der Waals surface area contributed by atoms with Gasteiger partial charge in [-0.15, -0.1) is 0 Å². The van der Waals surface area contributed by atoms with E-state index in [1.165, 1.54) is 0 Å². The van der Waals surface area contributed by atoms with Gasteiger partial charge in [0, 0.05) is 5.39 Å². The molecule has 1 atom stereocenters. The van der Waals surface area contributed by atoms with E-state index in [1.807, 2.05) is 0 Å². The SMILES string of the molecule is C[C@H](N)C(=O)Nc1ccc2[nH]ncc2c1Cl. The molecule has 4 N–H and O–H groups in total. The Kier molecular flexibility index (Phi) is 2.80. The quantitative estimate of drug-likeness (QED) is 0.741. The molecular formula is C10H11ClN4O. The molecule has 2 rings (SSSR count). The number of carbonyl (C=O) groups excluding carboxylic acids is 1. The van der Waals surface area contributed by atoms with Crippen LogP contribution in [-0.2, 0) is 4.79 Å². The van der Waals surface area contributed by atoms with Crippen molar-refractivity contribution in [2.45, 2.75) is 13.0 Å². The summed E-state index contributed by atoms with van der Waals surface area (Å²) >= 11 is 6.12. The van der Waals surface area contributed by atoms with Gasteiger partial charge >= 0.3 is 0 Å². The van der Waals surface area contributed by atoms with Crippen molar-refractivity contribution < 1.29 is 4.79 Å². The summed E-state index contributed by atoms with van der Waals surface area (Å²) in [4.78, 5) is 11.4. The Bertz CT molecular complexity index is 535. The number of carbonyl (C=O) groups is 1. The van der Waals surface area contributed by atoms with E-state index in [0.717, 1.165) is 10.9 Å². The smallest absolute Gasteiger partial charge is 0.241 e. The monoisotopic (exact) mass is 238 g/mol. The van der Waals surface area contributed by atoms with Crippen molar-refractivity contribution in [3.63, 3.8) is 0 Å². The molecule has 0 aliphatic heterocycles. The van der Waals surface area contributed by atoms with E-state index in [4.69, 9.17) is 17.3 Å². The zero-order valence-electron chi connectivity index (χ0n) is 8.62. The Balaban J connectivity index is 2.38. The van der Waals surface area contributed by atoms with E-state index in [2.05, 4.69) is 15.5 Å². The second kappa shape index (κ2) is 4.11. The number of hydrogen-bond donors (Lipinski definition) is 3. The maximum absolute atomic E-state index is 11.4. The summed E-state index contributed by atoms with van der Waals surface area (Å²) in [5, 5.41) is 10.5. The first-order valence-corrected chi connectivity index (χ1v) is 5.15. The van der Waals surface area contributed by atoms with Crippen molar-refractivity contribution in [1.29, 1.82) is 0 Å². The Labute approximate surface area is 97.0 Å². The topological polar surface area (TPSA) is 83.8 Å². The second-order valence-corrected chi connectivity index (χ2v) is 3.91. The van der Waals surface area contributed by atoms with Crippen LogP contribution in [0.25, 0.3) is 10.9 Å². The van der Waals surface area contributed by atoms with E-state index >= 15 is 0 Å². The highest BCUT2D eigenvalue weighted by Gasteiger charge is 2.12. The zero-order valence-corrected chi connectivity index (χ0v) is 9.38. The first kappa shape index (κ1) is 10.9. The molecule has 0 fully saturated rings. The van der Waals surface area contributed by atoms with Gasteiger partial charge < -0.3 is 11.1 Å². The van der Waals surface area contributed by atoms with Gasteiger partial charge in [0.05, 0.1) is 28.5 Å². The summed E-state index contributed by atoms with van der Waals surface area (Å²) in [6.07, 6.45) is 1.61. The highest BCUT2D eigenvalue weighted by atomic mass is 35.5. The molecular weight excluding hydrogens is 228 g/mol. The average molecular weight is 239 g/mol. The van der Waals surface area contributed by atoms with Gasteiger partial charge in [-0.1, -0.05) is 11.6 Å². The van der Waals surface area contributed by atoms with Crippen molar-refractivity contribution in [1.82, 2.24) is 10.2 Å². The van der Waals surface area contributed by atoms with E-state index in [0.29, 0.717) is 10.7 Å². The number of amides is 1. The predicted molar refractivity (Wildman–Crippen MR) is 63.4 cm³/mol. The van der Waals surface area contributed by atoms with Gasteiger partial charge in [0.15, 0.2) is 0 Å². The van der Waals surface area contributed by atoms with E-state index in [1.54, 1.807) is 25.3 Å². The standard InChI is InChI=1S/C10H11ClN4O/c1-5(12)10(16)14-8-3-2-7-6(9(8)11)4-13-15-7/h2-5H,12H2,1H3,(H,13,15)(H,14,16)/t5-/m0/s1. The number of aromatic nitrogens is 2. The third-order valence-corrected chi connectivity index (χ3v) is 2.64. The summed E-state index contributed by atoms with van der Waals surface area (Å²) in [7, 11) is 0. The minimum Gasteiger partial charge on any atom is -0.323 e. The number of fused-ring (bicyclic) bond motifs is 1. The molecule has 1 heterocycles. The molecule has 0 radical (unpaired) electrons. The number of anilines is 1. The lowest BCUT2D eigenvalue weighted by Gasteiger charge is -2.09. The molecule has 84 valence electrons. The zero-order chi connectivity index (χ0) is 11.7. The van der Waals surface area contributed by atoms with Crippen LogP contribution in [0, 0.1) is 0 Å². The third-order valence-electron chi connectivity index (χ3n) is 2.23. The van der Waals surface area contributed by atoms with E-state index < -0.39 is 6.04 Å². The molecule has 1 aromatic carbocycles. The van der Waals surface area contributed by atoms with Gasteiger partial charge in [0.25, 0.3) is 0 Å². The van der Waals surface area contributed by atoms with E-state index in [-0.39, 0.29) is 5.91 Å². The fraction of sp³-hybridized carbons (Fsp3) is 0.200. The van der Waals surface area contributed by atoms with Crippen LogP contribution in [0.3, 0.4) is 0 Å². The molecule has 2 aromatic rings. The van der Waals surface area contributed by atoms with Crippen molar-refractivity contribution in [2.75, 3.05) is 5.32 Å². The number of halogens is 1. The van der Waals surface area contributed by atoms with Gasteiger partial charge in [-0.3, -0.25) is 9.89 Å². The number of H-pyrrole nitrogens is 1. The molecule has 16 heavy (non-hydrogen) atoms.